The monoisotopic (exact) mass is 238 g/mol. The second-order valence-electron chi connectivity index (χ2n) is 4.42. The van der Waals surface area contributed by atoms with Gasteiger partial charge in [0, 0.05) is 5.02 Å². The summed E-state index contributed by atoms with van der Waals surface area (Å²) in [6.45, 7) is 0. The Kier molecular flexibility index (Phi) is 3.49. The van der Waals surface area contributed by atoms with Gasteiger partial charge < -0.3 is 5.11 Å². The van der Waals surface area contributed by atoms with Gasteiger partial charge in [0.2, 0.25) is 0 Å². The van der Waals surface area contributed by atoms with Gasteiger partial charge in [-0.15, -0.1) is 0 Å². The molecule has 0 bridgehead atoms. The molecule has 1 aromatic rings. The van der Waals surface area contributed by atoms with Gasteiger partial charge in [0.25, 0.3) is 0 Å². The summed E-state index contributed by atoms with van der Waals surface area (Å²) in [5, 5.41) is 9.95. The maximum atomic E-state index is 11.4. The molecule has 1 aliphatic rings. The molecule has 2 nitrogen and oxygen atoms in total. The van der Waals surface area contributed by atoms with Gasteiger partial charge in [0.15, 0.2) is 0 Å². The molecule has 1 saturated carbocycles. The number of rotatable bonds is 3. The molecule has 0 aliphatic heterocycles. The molecule has 0 spiro atoms. The van der Waals surface area contributed by atoms with E-state index in [1.165, 1.54) is 0 Å². The number of carboxylic acids is 1. The highest BCUT2D eigenvalue weighted by Crippen LogP contribution is 2.38. The fourth-order valence-electron chi connectivity index (χ4n) is 2.61. The van der Waals surface area contributed by atoms with Crippen LogP contribution in [-0.4, -0.2) is 11.1 Å². The Morgan fingerprint density at radius 2 is 2.06 bits per heavy atom. The Balaban J connectivity index is 2.28. The Hall–Kier alpha value is -1.02. The van der Waals surface area contributed by atoms with E-state index < -0.39 is 5.97 Å². The molecule has 1 aromatic carbocycles. The maximum Gasteiger partial charge on any atom is 0.311 e. The maximum absolute atomic E-state index is 11.4. The van der Waals surface area contributed by atoms with Crippen LogP contribution in [0.3, 0.4) is 0 Å². The Bertz CT molecular complexity index is 383. The number of carbonyl (C=O) groups is 1. The fraction of sp³-hybridized carbons (Fsp3) is 0.462. The average molecular weight is 239 g/mol. The molecule has 16 heavy (non-hydrogen) atoms. The van der Waals surface area contributed by atoms with Crippen LogP contribution in [0, 0.1) is 5.92 Å². The third-order valence-electron chi connectivity index (χ3n) is 3.35. The summed E-state index contributed by atoms with van der Waals surface area (Å²) in [5.74, 6) is -0.841. The van der Waals surface area contributed by atoms with Crippen molar-refractivity contribution in [2.45, 2.75) is 31.6 Å². The van der Waals surface area contributed by atoms with E-state index in [2.05, 4.69) is 0 Å². The molecule has 3 heteroatoms. The van der Waals surface area contributed by atoms with E-state index in [1.807, 2.05) is 12.1 Å². The van der Waals surface area contributed by atoms with E-state index in [9.17, 15) is 9.90 Å². The van der Waals surface area contributed by atoms with Crippen molar-refractivity contribution < 1.29 is 9.90 Å². The number of hydrogen-bond acceptors (Lipinski definition) is 1. The minimum atomic E-state index is -0.728. The molecule has 0 saturated heterocycles. The predicted octanol–water partition coefficient (Wildman–Crippen LogP) is 3.70. The van der Waals surface area contributed by atoms with E-state index in [4.69, 9.17) is 11.6 Å². The molecule has 0 radical (unpaired) electrons. The molecule has 1 fully saturated rings. The van der Waals surface area contributed by atoms with Gasteiger partial charge in [-0.1, -0.05) is 36.6 Å². The van der Waals surface area contributed by atoms with Crippen LogP contribution in [0.2, 0.25) is 5.02 Å². The van der Waals surface area contributed by atoms with E-state index in [0.29, 0.717) is 5.02 Å². The second kappa shape index (κ2) is 4.88. The summed E-state index contributed by atoms with van der Waals surface area (Å²) < 4.78 is 0. The highest BCUT2D eigenvalue weighted by atomic mass is 35.5. The van der Waals surface area contributed by atoms with Gasteiger partial charge >= 0.3 is 5.97 Å². The molecule has 2 rings (SSSR count). The standard InChI is InChI=1S/C13H15ClO2/c14-11-7-3-6-10(8-11)12(13(15)16)9-4-1-2-5-9/h3,6-9,12H,1-2,4-5H2,(H,15,16)/t12-/m0/s1. The lowest BCUT2D eigenvalue weighted by Crippen LogP contribution is -2.19. The third-order valence-corrected chi connectivity index (χ3v) is 3.58. The lowest BCUT2D eigenvalue weighted by Gasteiger charge is -2.19. The predicted molar refractivity (Wildman–Crippen MR) is 63.8 cm³/mol. The van der Waals surface area contributed by atoms with Crippen molar-refractivity contribution in [2.75, 3.05) is 0 Å². The molecule has 1 atom stereocenters. The molecule has 86 valence electrons. The first kappa shape index (κ1) is 11.5. The van der Waals surface area contributed by atoms with Gasteiger partial charge in [-0.3, -0.25) is 4.79 Å². The summed E-state index contributed by atoms with van der Waals surface area (Å²) in [5.41, 5.74) is 0.840. The van der Waals surface area contributed by atoms with Crippen molar-refractivity contribution in [1.82, 2.24) is 0 Å². The first-order valence-electron chi connectivity index (χ1n) is 5.67. The number of hydrogen-bond donors (Lipinski definition) is 1. The molecule has 0 aromatic heterocycles. The highest BCUT2D eigenvalue weighted by Gasteiger charge is 2.31. The third kappa shape index (κ3) is 2.38. The average Bonchev–Trinajstić information content (AvgIpc) is 2.71. The molecule has 1 aliphatic carbocycles. The number of aliphatic carboxylic acids is 1. The summed E-state index contributed by atoms with van der Waals surface area (Å²) in [4.78, 5) is 11.4. The van der Waals surface area contributed by atoms with Crippen molar-refractivity contribution in [3.63, 3.8) is 0 Å². The smallest absolute Gasteiger partial charge is 0.311 e. The summed E-state index contributed by atoms with van der Waals surface area (Å²) in [6, 6.07) is 7.24. The molecular formula is C13H15ClO2. The molecule has 0 heterocycles. The van der Waals surface area contributed by atoms with Crippen LogP contribution in [0.4, 0.5) is 0 Å². The largest absolute Gasteiger partial charge is 0.481 e. The van der Waals surface area contributed by atoms with Gasteiger partial charge in [0.05, 0.1) is 5.92 Å². The lowest BCUT2D eigenvalue weighted by molar-refractivity contribution is -0.140. The van der Waals surface area contributed by atoms with Crippen molar-refractivity contribution in [2.24, 2.45) is 5.92 Å². The van der Waals surface area contributed by atoms with Crippen LogP contribution in [0.25, 0.3) is 0 Å². The lowest BCUT2D eigenvalue weighted by atomic mass is 9.85. The van der Waals surface area contributed by atoms with Crippen LogP contribution >= 0.6 is 11.6 Å². The van der Waals surface area contributed by atoms with Crippen molar-refractivity contribution >= 4 is 17.6 Å². The molecular weight excluding hydrogens is 224 g/mol. The van der Waals surface area contributed by atoms with Gasteiger partial charge in [-0.05, 0) is 36.5 Å². The molecule has 0 amide bonds. The zero-order valence-corrected chi connectivity index (χ0v) is 9.78. The van der Waals surface area contributed by atoms with Crippen LogP contribution in [0.15, 0.2) is 24.3 Å². The zero-order chi connectivity index (χ0) is 11.5. The highest BCUT2D eigenvalue weighted by molar-refractivity contribution is 6.30. The van der Waals surface area contributed by atoms with E-state index >= 15 is 0 Å². The Morgan fingerprint density at radius 1 is 1.38 bits per heavy atom. The quantitative estimate of drug-likeness (QED) is 0.872. The fourth-order valence-corrected chi connectivity index (χ4v) is 2.81. The van der Waals surface area contributed by atoms with Crippen LogP contribution in [0.5, 0.6) is 0 Å². The first-order chi connectivity index (χ1) is 7.68. The topological polar surface area (TPSA) is 37.3 Å². The normalized spacial score (nSPS) is 18.6. The zero-order valence-electron chi connectivity index (χ0n) is 9.03. The number of benzene rings is 1. The minimum Gasteiger partial charge on any atom is -0.481 e. The van der Waals surface area contributed by atoms with Gasteiger partial charge in [-0.2, -0.15) is 0 Å². The van der Waals surface area contributed by atoms with Gasteiger partial charge in [0.1, 0.15) is 0 Å². The summed E-state index contributed by atoms with van der Waals surface area (Å²) >= 11 is 5.91. The van der Waals surface area contributed by atoms with Crippen molar-refractivity contribution in [1.29, 1.82) is 0 Å². The van der Waals surface area contributed by atoms with Crippen LogP contribution in [0.1, 0.15) is 37.2 Å². The van der Waals surface area contributed by atoms with E-state index in [-0.39, 0.29) is 11.8 Å². The number of carboxylic acid groups (broad SMARTS) is 1. The van der Waals surface area contributed by atoms with Crippen LogP contribution in [-0.2, 0) is 4.79 Å². The summed E-state index contributed by atoms with van der Waals surface area (Å²) in [6.07, 6.45) is 4.33. The van der Waals surface area contributed by atoms with E-state index in [1.54, 1.807) is 12.1 Å². The molecule has 0 unspecified atom stereocenters. The second-order valence-corrected chi connectivity index (χ2v) is 4.85. The minimum absolute atomic E-state index is 0.274. The first-order valence-corrected chi connectivity index (χ1v) is 6.04. The van der Waals surface area contributed by atoms with Crippen LogP contribution < -0.4 is 0 Å². The SMILES string of the molecule is O=C(O)[C@H](c1cccc(Cl)c1)C1CCCC1. The van der Waals surface area contributed by atoms with Crippen molar-refractivity contribution in [3.8, 4) is 0 Å². The Labute approximate surface area is 100 Å². The summed E-state index contributed by atoms with van der Waals surface area (Å²) in [7, 11) is 0. The number of halogens is 1. The van der Waals surface area contributed by atoms with E-state index in [0.717, 1.165) is 31.2 Å². The van der Waals surface area contributed by atoms with Gasteiger partial charge in [-0.25, -0.2) is 0 Å². The molecule has 1 N–H and O–H groups in total. The Morgan fingerprint density at radius 3 is 2.62 bits per heavy atom. The van der Waals surface area contributed by atoms with Crippen molar-refractivity contribution in [3.05, 3.63) is 34.9 Å².